The van der Waals surface area contributed by atoms with Crippen LogP contribution in [0.2, 0.25) is 0 Å². The second-order valence-electron chi connectivity index (χ2n) is 4.05. The Kier molecular flexibility index (Phi) is 2.94. The third-order valence-electron chi connectivity index (χ3n) is 3.17. The van der Waals surface area contributed by atoms with E-state index in [1.165, 1.54) is 18.1 Å². The van der Waals surface area contributed by atoms with Crippen molar-refractivity contribution in [2.24, 2.45) is 0 Å². The molecule has 0 radical (unpaired) electrons. The van der Waals surface area contributed by atoms with Gasteiger partial charge in [0, 0.05) is 12.5 Å². The molecule has 2 atom stereocenters. The lowest BCUT2D eigenvalue weighted by atomic mass is 9.88. The Morgan fingerprint density at radius 3 is 2.94 bits per heavy atom. The van der Waals surface area contributed by atoms with Gasteiger partial charge in [-0.2, -0.15) is 0 Å². The highest BCUT2D eigenvalue weighted by Crippen LogP contribution is 2.46. The molecule has 2 saturated heterocycles. The zero-order valence-electron chi connectivity index (χ0n) is 9.92. The van der Waals surface area contributed by atoms with E-state index in [0.717, 1.165) is 6.08 Å². The Bertz CT molecular complexity index is 455. The summed E-state index contributed by atoms with van der Waals surface area (Å²) in [5, 5.41) is 0. The number of allylic oxidation sites excluding steroid dienone is 1. The molecule has 18 heavy (non-hydrogen) atoms. The summed E-state index contributed by atoms with van der Waals surface area (Å²) in [4.78, 5) is 35.7. The van der Waals surface area contributed by atoms with Crippen LogP contribution in [-0.2, 0) is 23.9 Å². The number of amides is 1. The van der Waals surface area contributed by atoms with Crippen LogP contribution in [-0.4, -0.2) is 41.9 Å². The predicted molar refractivity (Wildman–Crippen MR) is 60.0 cm³/mol. The lowest BCUT2D eigenvalue weighted by molar-refractivity contribution is -0.171. The zero-order valence-corrected chi connectivity index (χ0v) is 9.92. The highest BCUT2D eigenvalue weighted by Gasteiger charge is 2.64. The molecular weight excluding hydrogens is 238 g/mol. The lowest BCUT2D eigenvalue weighted by Gasteiger charge is -2.40. The first-order valence-corrected chi connectivity index (χ1v) is 5.46. The summed E-state index contributed by atoms with van der Waals surface area (Å²) in [5.74, 6) is -0.701. The average Bonchev–Trinajstić information content (AvgIpc) is 2.59. The van der Waals surface area contributed by atoms with Crippen LogP contribution >= 0.6 is 0 Å². The normalized spacial score (nSPS) is 31.4. The fourth-order valence-corrected chi connectivity index (χ4v) is 2.40. The number of methoxy groups -OCH3 is 1. The third kappa shape index (κ3) is 1.38. The summed E-state index contributed by atoms with van der Waals surface area (Å²) >= 11 is 0. The van der Waals surface area contributed by atoms with Crippen LogP contribution in [0.3, 0.4) is 0 Å². The maximum Gasteiger partial charge on any atom is 0.340 e. The summed E-state index contributed by atoms with van der Waals surface area (Å²) in [5.41, 5.74) is -1.38. The molecule has 2 heterocycles. The maximum atomic E-state index is 12.0. The van der Waals surface area contributed by atoms with Gasteiger partial charge in [-0.3, -0.25) is 14.5 Å². The number of hydrogen-bond acceptors (Lipinski definition) is 5. The van der Waals surface area contributed by atoms with Crippen molar-refractivity contribution >= 4 is 18.2 Å². The van der Waals surface area contributed by atoms with E-state index in [1.807, 2.05) is 0 Å². The van der Waals surface area contributed by atoms with Crippen molar-refractivity contribution in [3.05, 3.63) is 24.5 Å². The van der Waals surface area contributed by atoms with E-state index in [9.17, 15) is 14.4 Å². The number of fused-ring (bicyclic) bond motifs is 1. The Labute approximate surface area is 104 Å². The Morgan fingerprint density at radius 1 is 1.72 bits per heavy atom. The van der Waals surface area contributed by atoms with Crippen LogP contribution in [0.4, 0.5) is 0 Å². The summed E-state index contributed by atoms with van der Waals surface area (Å²) in [6, 6.07) is 0. The van der Waals surface area contributed by atoms with Gasteiger partial charge in [0.05, 0.1) is 13.5 Å². The molecule has 0 N–H and O–H groups in total. The van der Waals surface area contributed by atoms with E-state index < -0.39 is 17.7 Å². The van der Waals surface area contributed by atoms with Gasteiger partial charge in [-0.1, -0.05) is 6.08 Å². The van der Waals surface area contributed by atoms with Gasteiger partial charge >= 0.3 is 5.97 Å². The van der Waals surface area contributed by atoms with Gasteiger partial charge in [-0.25, -0.2) is 4.79 Å². The number of nitrogens with zero attached hydrogens (tertiary/aromatic N) is 1. The van der Waals surface area contributed by atoms with Crippen molar-refractivity contribution in [3.8, 4) is 0 Å². The fraction of sp³-hybridized carbons (Fsp3) is 0.417. The highest BCUT2D eigenvalue weighted by molar-refractivity contribution is 5.96. The van der Waals surface area contributed by atoms with E-state index in [-0.39, 0.29) is 24.5 Å². The van der Waals surface area contributed by atoms with E-state index in [1.54, 1.807) is 0 Å². The van der Waals surface area contributed by atoms with Gasteiger partial charge in [0.25, 0.3) is 0 Å². The SMILES string of the molecule is C=CCC1(C(=O)OC)/C(=C\C=O)O[C@@H]2CC(=O)N21. The van der Waals surface area contributed by atoms with Crippen molar-refractivity contribution in [2.75, 3.05) is 7.11 Å². The Morgan fingerprint density at radius 2 is 2.44 bits per heavy atom. The van der Waals surface area contributed by atoms with Crippen molar-refractivity contribution in [1.29, 1.82) is 0 Å². The minimum Gasteiger partial charge on any atom is -0.471 e. The van der Waals surface area contributed by atoms with E-state index in [4.69, 9.17) is 9.47 Å². The molecule has 96 valence electrons. The standard InChI is InChI=1S/C12H13NO5/c1-3-5-12(11(16)17-2)8(4-6-14)18-10-7-9(15)13(10)12/h3-4,6,10H,1,5,7H2,2H3/b8-4+/t10-,12?/m1/s1. The smallest absolute Gasteiger partial charge is 0.340 e. The van der Waals surface area contributed by atoms with Gasteiger partial charge in [0.2, 0.25) is 11.4 Å². The number of carbonyl (C=O) groups is 3. The second kappa shape index (κ2) is 4.29. The molecule has 1 unspecified atom stereocenters. The fourth-order valence-electron chi connectivity index (χ4n) is 2.40. The maximum absolute atomic E-state index is 12.0. The molecule has 6 nitrogen and oxygen atoms in total. The monoisotopic (exact) mass is 251 g/mol. The van der Waals surface area contributed by atoms with Crippen molar-refractivity contribution in [3.63, 3.8) is 0 Å². The number of rotatable bonds is 4. The molecule has 0 saturated carbocycles. The van der Waals surface area contributed by atoms with Gasteiger partial charge in [0.1, 0.15) is 12.0 Å². The Hall–Kier alpha value is -2.11. The first-order chi connectivity index (χ1) is 8.61. The number of hydrogen-bond donors (Lipinski definition) is 0. The number of carbonyl (C=O) groups excluding carboxylic acids is 3. The topological polar surface area (TPSA) is 72.9 Å². The summed E-state index contributed by atoms with van der Waals surface area (Å²) in [6.45, 7) is 3.57. The predicted octanol–water partition coefficient (Wildman–Crippen LogP) is 0.146. The quantitative estimate of drug-likeness (QED) is 0.234. The minimum absolute atomic E-state index is 0.139. The van der Waals surface area contributed by atoms with E-state index in [2.05, 4.69) is 6.58 Å². The summed E-state index contributed by atoms with van der Waals surface area (Å²) in [7, 11) is 1.23. The third-order valence-corrected chi connectivity index (χ3v) is 3.17. The second-order valence-corrected chi connectivity index (χ2v) is 4.05. The van der Waals surface area contributed by atoms with Crippen molar-refractivity contribution in [1.82, 2.24) is 4.90 Å². The van der Waals surface area contributed by atoms with Gasteiger partial charge in [0.15, 0.2) is 6.23 Å². The number of ether oxygens (including phenoxy) is 2. The highest BCUT2D eigenvalue weighted by atomic mass is 16.6. The van der Waals surface area contributed by atoms with Crippen molar-refractivity contribution < 1.29 is 23.9 Å². The van der Waals surface area contributed by atoms with Crippen LogP contribution in [0.5, 0.6) is 0 Å². The van der Waals surface area contributed by atoms with Crippen LogP contribution in [0, 0.1) is 0 Å². The van der Waals surface area contributed by atoms with Crippen LogP contribution in [0.1, 0.15) is 12.8 Å². The first-order valence-electron chi connectivity index (χ1n) is 5.46. The molecule has 2 aliphatic rings. The molecular formula is C12H13NO5. The van der Waals surface area contributed by atoms with Crippen LogP contribution in [0.25, 0.3) is 0 Å². The van der Waals surface area contributed by atoms with Gasteiger partial charge in [-0.15, -0.1) is 6.58 Å². The van der Waals surface area contributed by atoms with Crippen LogP contribution in [0.15, 0.2) is 24.5 Å². The largest absolute Gasteiger partial charge is 0.471 e. The van der Waals surface area contributed by atoms with E-state index in [0.29, 0.717) is 6.29 Å². The molecule has 6 heteroatoms. The molecule has 0 aromatic carbocycles. The first kappa shape index (κ1) is 12.3. The summed E-state index contributed by atoms with van der Waals surface area (Å²) in [6.07, 6.45) is 3.00. The zero-order chi connectivity index (χ0) is 13.3. The summed E-state index contributed by atoms with van der Waals surface area (Å²) < 4.78 is 10.2. The van der Waals surface area contributed by atoms with Crippen LogP contribution < -0.4 is 0 Å². The lowest BCUT2D eigenvalue weighted by Crippen LogP contribution is -2.62. The molecule has 0 aliphatic carbocycles. The van der Waals surface area contributed by atoms with Crippen molar-refractivity contribution in [2.45, 2.75) is 24.6 Å². The van der Waals surface area contributed by atoms with Gasteiger partial charge in [-0.05, 0) is 0 Å². The molecule has 2 rings (SSSR count). The molecule has 0 aromatic heterocycles. The average molecular weight is 251 g/mol. The molecule has 1 amide bonds. The molecule has 2 aliphatic heterocycles. The molecule has 2 fully saturated rings. The minimum atomic E-state index is -1.38. The molecule has 0 spiro atoms. The molecule has 0 aromatic rings. The van der Waals surface area contributed by atoms with E-state index >= 15 is 0 Å². The van der Waals surface area contributed by atoms with Gasteiger partial charge < -0.3 is 9.47 Å². The number of esters is 1. The number of β-lactam (4-membered cyclic amide) rings is 1. The Balaban J connectivity index is 2.52. The number of aldehydes is 1. The molecule has 0 bridgehead atoms.